The smallest absolute Gasteiger partial charge is 0.271 e. The van der Waals surface area contributed by atoms with Gasteiger partial charge < -0.3 is 14.6 Å². The third-order valence-electron chi connectivity index (χ3n) is 2.67. The Labute approximate surface area is 127 Å². The van der Waals surface area contributed by atoms with Gasteiger partial charge >= 0.3 is 0 Å². The second-order valence-electron chi connectivity index (χ2n) is 4.26. The maximum absolute atomic E-state index is 11.8. The maximum Gasteiger partial charge on any atom is 0.271 e. The average Bonchev–Trinajstić information content (AvgIpc) is 2.54. The van der Waals surface area contributed by atoms with Gasteiger partial charge in [-0.15, -0.1) is 0 Å². The van der Waals surface area contributed by atoms with Crippen LogP contribution in [0.3, 0.4) is 0 Å². The molecule has 6 nitrogen and oxygen atoms in total. The summed E-state index contributed by atoms with van der Waals surface area (Å²) in [6.45, 7) is -0.554. The molecule has 0 unspecified atom stereocenters. The number of ether oxygens (including phenoxy) is 1. The molecule has 1 amide bonds. The molecule has 0 aliphatic carbocycles. The minimum atomic E-state index is -1.32. The summed E-state index contributed by atoms with van der Waals surface area (Å²) in [6, 6.07) is 15.4. The van der Waals surface area contributed by atoms with Gasteiger partial charge in [-0.25, -0.2) is 5.43 Å². The fraction of sp³-hybridized carbons (Fsp3) is 0.0625. The molecule has 0 fully saturated rings. The Morgan fingerprint density at radius 3 is 2.50 bits per heavy atom. The number of rotatable bonds is 6. The van der Waals surface area contributed by atoms with E-state index in [4.69, 9.17) is 4.74 Å². The number of carboxylic acids is 1. The van der Waals surface area contributed by atoms with E-state index in [1.54, 1.807) is 48.5 Å². The summed E-state index contributed by atoms with van der Waals surface area (Å²) in [4.78, 5) is 22.2. The van der Waals surface area contributed by atoms with E-state index in [2.05, 4.69) is 10.5 Å². The number of amides is 1. The van der Waals surface area contributed by atoms with Crippen molar-refractivity contribution in [1.82, 2.24) is 5.43 Å². The van der Waals surface area contributed by atoms with Crippen LogP contribution >= 0.6 is 0 Å². The molecule has 0 spiro atoms. The SMILES string of the molecule is O=C([O-])COc1ccccc1/C=N\NC(=O)c1ccccc1. The number of aliphatic carboxylic acids is 1. The molecular formula is C16H13N2O4-. The highest BCUT2D eigenvalue weighted by Gasteiger charge is 2.03. The third kappa shape index (κ3) is 4.45. The first-order chi connectivity index (χ1) is 10.7. The van der Waals surface area contributed by atoms with Crippen molar-refractivity contribution in [3.8, 4) is 5.75 Å². The highest BCUT2D eigenvalue weighted by Crippen LogP contribution is 2.15. The lowest BCUT2D eigenvalue weighted by Gasteiger charge is -2.08. The van der Waals surface area contributed by atoms with Crippen LogP contribution < -0.4 is 15.3 Å². The van der Waals surface area contributed by atoms with Crippen LogP contribution in [-0.4, -0.2) is 24.7 Å². The van der Waals surface area contributed by atoms with Crippen molar-refractivity contribution in [3.05, 3.63) is 65.7 Å². The molecule has 2 aromatic carbocycles. The molecule has 2 rings (SSSR count). The van der Waals surface area contributed by atoms with Crippen molar-refractivity contribution in [2.75, 3.05) is 6.61 Å². The minimum Gasteiger partial charge on any atom is -0.546 e. The van der Waals surface area contributed by atoms with Gasteiger partial charge in [-0.05, 0) is 24.3 Å². The van der Waals surface area contributed by atoms with Gasteiger partial charge in [-0.3, -0.25) is 4.79 Å². The Kier molecular flexibility index (Phi) is 5.25. The number of para-hydroxylation sites is 1. The van der Waals surface area contributed by atoms with Crippen LogP contribution in [0, 0.1) is 0 Å². The zero-order valence-corrected chi connectivity index (χ0v) is 11.6. The van der Waals surface area contributed by atoms with Crippen molar-refractivity contribution in [1.29, 1.82) is 0 Å². The Hall–Kier alpha value is -3.15. The maximum atomic E-state index is 11.8. The van der Waals surface area contributed by atoms with Gasteiger partial charge in [0.1, 0.15) is 12.4 Å². The summed E-state index contributed by atoms with van der Waals surface area (Å²) in [5.74, 6) is -1.32. The fourth-order valence-electron chi connectivity index (χ4n) is 1.67. The highest BCUT2D eigenvalue weighted by atomic mass is 16.5. The monoisotopic (exact) mass is 297 g/mol. The molecule has 0 aliphatic heterocycles. The molecule has 22 heavy (non-hydrogen) atoms. The molecule has 112 valence electrons. The lowest BCUT2D eigenvalue weighted by molar-refractivity contribution is -0.307. The zero-order chi connectivity index (χ0) is 15.8. The number of hydrogen-bond donors (Lipinski definition) is 1. The van der Waals surface area contributed by atoms with E-state index in [1.165, 1.54) is 6.21 Å². The normalized spacial score (nSPS) is 10.4. The van der Waals surface area contributed by atoms with Crippen LogP contribution in [0.4, 0.5) is 0 Å². The first-order valence-electron chi connectivity index (χ1n) is 6.47. The summed E-state index contributed by atoms with van der Waals surface area (Å²) in [7, 11) is 0. The second kappa shape index (κ2) is 7.58. The van der Waals surface area contributed by atoms with Crippen molar-refractivity contribution in [3.63, 3.8) is 0 Å². The first-order valence-corrected chi connectivity index (χ1v) is 6.47. The topological polar surface area (TPSA) is 90.8 Å². The van der Waals surface area contributed by atoms with E-state index < -0.39 is 12.6 Å². The van der Waals surface area contributed by atoms with Crippen molar-refractivity contribution >= 4 is 18.1 Å². The largest absolute Gasteiger partial charge is 0.546 e. The molecule has 0 saturated heterocycles. The second-order valence-corrected chi connectivity index (χ2v) is 4.26. The molecule has 0 radical (unpaired) electrons. The summed E-state index contributed by atoms with van der Waals surface area (Å²) in [5, 5.41) is 14.3. The number of benzene rings is 2. The number of carboxylic acid groups (broad SMARTS) is 1. The van der Waals surface area contributed by atoms with Gasteiger partial charge in [-0.2, -0.15) is 5.10 Å². The average molecular weight is 297 g/mol. The Morgan fingerprint density at radius 1 is 1.09 bits per heavy atom. The van der Waals surface area contributed by atoms with Crippen LogP contribution in [0.15, 0.2) is 59.7 Å². The first kappa shape index (κ1) is 15.2. The summed E-state index contributed by atoms with van der Waals surface area (Å²) >= 11 is 0. The van der Waals surface area contributed by atoms with Crippen molar-refractivity contribution in [2.24, 2.45) is 5.10 Å². The van der Waals surface area contributed by atoms with E-state index >= 15 is 0 Å². The summed E-state index contributed by atoms with van der Waals surface area (Å²) in [5.41, 5.74) is 3.41. The van der Waals surface area contributed by atoms with E-state index in [1.807, 2.05) is 6.07 Å². The van der Waals surface area contributed by atoms with Crippen molar-refractivity contribution in [2.45, 2.75) is 0 Å². The van der Waals surface area contributed by atoms with Gasteiger partial charge in [0.15, 0.2) is 0 Å². The molecule has 2 aromatic rings. The Morgan fingerprint density at radius 2 is 1.77 bits per heavy atom. The van der Waals surface area contributed by atoms with Crippen LogP contribution in [0.2, 0.25) is 0 Å². The standard InChI is InChI=1S/C16H14N2O4/c19-15(20)11-22-14-9-5-4-8-13(14)10-17-18-16(21)12-6-2-1-3-7-12/h1-10H,11H2,(H,18,21)(H,19,20)/p-1/b17-10-. The van der Waals surface area contributed by atoms with Crippen LogP contribution in [-0.2, 0) is 4.79 Å². The predicted octanol–water partition coefficient (Wildman–Crippen LogP) is 0.579. The zero-order valence-electron chi connectivity index (χ0n) is 11.6. The fourth-order valence-corrected chi connectivity index (χ4v) is 1.67. The molecule has 0 aliphatic rings. The van der Waals surface area contributed by atoms with Gasteiger partial charge in [-0.1, -0.05) is 30.3 Å². The van der Waals surface area contributed by atoms with E-state index in [9.17, 15) is 14.7 Å². The van der Waals surface area contributed by atoms with Crippen LogP contribution in [0.1, 0.15) is 15.9 Å². The minimum absolute atomic E-state index is 0.337. The molecule has 0 aromatic heterocycles. The van der Waals surface area contributed by atoms with Crippen LogP contribution in [0.25, 0.3) is 0 Å². The highest BCUT2D eigenvalue weighted by molar-refractivity contribution is 5.95. The number of carbonyl (C=O) groups is 2. The number of carbonyl (C=O) groups excluding carboxylic acids is 2. The van der Waals surface area contributed by atoms with Gasteiger partial charge in [0.25, 0.3) is 5.91 Å². The molecule has 6 heteroatoms. The quantitative estimate of drug-likeness (QED) is 0.623. The van der Waals surface area contributed by atoms with E-state index in [0.29, 0.717) is 16.9 Å². The molecule has 0 heterocycles. The molecule has 0 bridgehead atoms. The van der Waals surface area contributed by atoms with Gasteiger partial charge in [0.2, 0.25) is 0 Å². The summed E-state index contributed by atoms with van der Waals surface area (Å²) in [6.07, 6.45) is 1.38. The van der Waals surface area contributed by atoms with Gasteiger partial charge in [0, 0.05) is 11.1 Å². The molecule has 0 atom stereocenters. The van der Waals surface area contributed by atoms with E-state index in [-0.39, 0.29) is 5.91 Å². The number of nitrogens with one attached hydrogen (secondary N) is 1. The van der Waals surface area contributed by atoms with Crippen LogP contribution in [0.5, 0.6) is 5.75 Å². The molecule has 0 saturated carbocycles. The Bertz CT molecular complexity index is 684. The summed E-state index contributed by atoms with van der Waals surface area (Å²) < 4.78 is 5.07. The van der Waals surface area contributed by atoms with E-state index in [0.717, 1.165) is 0 Å². The molecular weight excluding hydrogens is 284 g/mol. The number of hydrogen-bond acceptors (Lipinski definition) is 5. The number of hydrazone groups is 1. The lowest BCUT2D eigenvalue weighted by Crippen LogP contribution is -2.29. The lowest BCUT2D eigenvalue weighted by atomic mass is 10.2. The Balaban J connectivity index is 2.01. The third-order valence-corrected chi connectivity index (χ3v) is 2.67. The van der Waals surface area contributed by atoms with Crippen molar-refractivity contribution < 1.29 is 19.4 Å². The van der Waals surface area contributed by atoms with Gasteiger partial charge in [0.05, 0.1) is 12.2 Å². The molecule has 1 N–H and O–H groups in total. The predicted molar refractivity (Wildman–Crippen MR) is 78.4 cm³/mol. The number of nitrogens with zero attached hydrogens (tertiary/aromatic N) is 1.